The first-order valence-corrected chi connectivity index (χ1v) is 9.83. The SMILES string of the molecule is CCC(C(=O)N1C(C)CCCC1C)N1C(=O)C2C3C=CC(C3)C2C1=O. The van der Waals surface area contributed by atoms with Crippen molar-refractivity contribution in [2.24, 2.45) is 23.7 Å². The summed E-state index contributed by atoms with van der Waals surface area (Å²) in [7, 11) is 0. The maximum atomic E-state index is 13.3. The van der Waals surface area contributed by atoms with E-state index in [2.05, 4.69) is 26.0 Å². The second-order valence-corrected chi connectivity index (χ2v) is 8.34. The van der Waals surface area contributed by atoms with Crippen LogP contribution in [0.5, 0.6) is 0 Å². The first-order valence-electron chi connectivity index (χ1n) is 9.83. The summed E-state index contributed by atoms with van der Waals surface area (Å²) in [4.78, 5) is 42.6. The molecule has 2 bridgehead atoms. The lowest BCUT2D eigenvalue weighted by Crippen LogP contribution is -2.57. The summed E-state index contributed by atoms with van der Waals surface area (Å²) in [5.41, 5.74) is 0. The molecule has 2 saturated heterocycles. The van der Waals surface area contributed by atoms with Crippen molar-refractivity contribution in [3.05, 3.63) is 12.2 Å². The molecule has 0 aromatic heterocycles. The molecule has 0 spiro atoms. The van der Waals surface area contributed by atoms with Crippen LogP contribution in [-0.4, -0.2) is 45.6 Å². The molecular weight excluding hydrogens is 316 g/mol. The van der Waals surface area contributed by atoms with Gasteiger partial charge >= 0.3 is 0 Å². The Labute approximate surface area is 149 Å². The molecule has 0 N–H and O–H groups in total. The Morgan fingerprint density at radius 1 is 1.08 bits per heavy atom. The standard InChI is InChI=1S/C20H28N2O3/c1-4-15(18(23)21-11(2)6-5-7-12(21)3)22-19(24)16-13-8-9-14(10-13)17(16)20(22)25/h8-9,11-17H,4-7,10H2,1-3H3. The van der Waals surface area contributed by atoms with E-state index < -0.39 is 6.04 Å². The zero-order valence-corrected chi connectivity index (χ0v) is 15.4. The Hall–Kier alpha value is -1.65. The van der Waals surface area contributed by atoms with Crippen molar-refractivity contribution < 1.29 is 14.4 Å². The molecule has 136 valence electrons. The van der Waals surface area contributed by atoms with Gasteiger partial charge < -0.3 is 4.90 Å². The number of hydrogen-bond acceptors (Lipinski definition) is 3. The molecule has 0 radical (unpaired) electrons. The Kier molecular flexibility index (Phi) is 4.00. The maximum absolute atomic E-state index is 13.3. The molecule has 7 atom stereocenters. The van der Waals surface area contributed by atoms with Crippen molar-refractivity contribution in [3.8, 4) is 0 Å². The lowest BCUT2D eigenvalue weighted by Gasteiger charge is -2.42. The lowest BCUT2D eigenvalue weighted by atomic mass is 9.85. The molecule has 5 heteroatoms. The molecule has 2 aliphatic carbocycles. The third-order valence-corrected chi connectivity index (χ3v) is 6.94. The van der Waals surface area contributed by atoms with Crippen LogP contribution in [0.1, 0.15) is 52.9 Å². The zero-order valence-electron chi connectivity index (χ0n) is 15.4. The van der Waals surface area contributed by atoms with E-state index in [4.69, 9.17) is 0 Å². The van der Waals surface area contributed by atoms with E-state index in [-0.39, 0.29) is 53.5 Å². The number of carbonyl (C=O) groups excluding carboxylic acids is 3. The highest BCUT2D eigenvalue weighted by atomic mass is 16.2. The number of allylic oxidation sites excluding steroid dienone is 2. The van der Waals surface area contributed by atoms with E-state index in [9.17, 15) is 14.4 Å². The number of likely N-dealkylation sites (tertiary alicyclic amines) is 2. The second kappa shape index (κ2) is 5.96. The number of fused-ring (bicyclic) bond motifs is 5. The molecule has 2 aliphatic heterocycles. The van der Waals surface area contributed by atoms with Gasteiger partial charge in [-0.2, -0.15) is 0 Å². The van der Waals surface area contributed by atoms with Gasteiger partial charge in [-0.1, -0.05) is 19.1 Å². The lowest BCUT2D eigenvalue weighted by molar-refractivity contribution is -0.155. The van der Waals surface area contributed by atoms with Crippen LogP contribution in [0.15, 0.2) is 12.2 Å². The van der Waals surface area contributed by atoms with E-state index >= 15 is 0 Å². The number of piperidine rings is 1. The summed E-state index contributed by atoms with van der Waals surface area (Å²) < 4.78 is 0. The monoisotopic (exact) mass is 344 g/mol. The number of carbonyl (C=O) groups is 3. The van der Waals surface area contributed by atoms with Crippen molar-refractivity contribution in [3.63, 3.8) is 0 Å². The van der Waals surface area contributed by atoms with E-state index in [1.807, 2.05) is 11.8 Å². The van der Waals surface area contributed by atoms with Crippen LogP contribution in [0.2, 0.25) is 0 Å². The third-order valence-electron chi connectivity index (χ3n) is 6.94. The Morgan fingerprint density at radius 2 is 1.60 bits per heavy atom. The molecule has 5 nitrogen and oxygen atoms in total. The summed E-state index contributed by atoms with van der Waals surface area (Å²) in [6.45, 7) is 6.06. The van der Waals surface area contributed by atoms with Crippen molar-refractivity contribution >= 4 is 17.7 Å². The number of hydrogen-bond donors (Lipinski definition) is 0. The molecular formula is C20H28N2O3. The summed E-state index contributed by atoms with van der Waals surface area (Å²) in [6.07, 6.45) is 8.72. The van der Waals surface area contributed by atoms with Crippen molar-refractivity contribution in [1.82, 2.24) is 9.80 Å². The van der Waals surface area contributed by atoms with E-state index in [1.54, 1.807) is 0 Å². The van der Waals surface area contributed by atoms with Crippen molar-refractivity contribution in [2.45, 2.75) is 71.0 Å². The smallest absolute Gasteiger partial charge is 0.246 e. The Morgan fingerprint density at radius 3 is 2.08 bits per heavy atom. The van der Waals surface area contributed by atoms with Crippen LogP contribution in [0.25, 0.3) is 0 Å². The molecule has 1 saturated carbocycles. The largest absolute Gasteiger partial charge is 0.335 e. The number of amides is 3. The maximum Gasteiger partial charge on any atom is 0.246 e. The first kappa shape index (κ1) is 16.8. The topological polar surface area (TPSA) is 57.7 Å². The van der Waals surface area contributed by atoms with Crippen LogP contribution >= 0.6 is 0 Å². The average molecular weight is 344 g/mol. The summed E-state index contributed by atoms with van der Waals surface area (Å²) in [5.74, 6) is -0.312. The molecule has 4 aliphatic rings. The zero-order chi connectivity index (χ0) is 17.9. The van der Waals surface area contributed by atoms with Gasteiger partial charge in [-0.3, -0.25) is 19.3 Å². The highest BCUT2D eigenvalue weighted by Crippen LogP contribution is 2.53. The second-order valence-electron chi connectivity index (χ2n) is 8.34. The molecule has 0 aromatic rings. The average Bonchev–Trinajstić information content (AvgIpc) is 3.24. The van der Waals surface area contributed by atoms with Crippen LogP contribution in [0, 0.1) is 23.7 Å². The van der Waals surface area contributed by atoms with Gasteiger partial charge in [0.1, 0.15) is 6.04 Å². The summed E-state index contributed by atoms with van der Waals surface area (Å²) in [5, 5.41) is 0. The number of imide groups is 1. The normalized spacial score (nSPS) is 40.8. The van der Waals surface area contributed by atoms with Crippen LogP contribution in [0.3, 0.4) is 0 Å². The molecule has 25 heavy (non-hydrogen) atoms. The van der Waals surface area contributed by atoms with Crippen molar-refractivity contribution in [1.29, 1.82) is 0 Å². The first-order chi connectivity index (χ1) is 12.0. The molecule has 3 amide bonds. The van der Waals surface area contributed by atoms with Gasteiger partial charge in [-0.15, -0.1) is 0 Å². The molecule has 4 rings (SSSR count). The molecule has 2 heterocycles. The van der Waals surface area contributed by atoms with Gasteiger partial charge in [0.2, 0.25) is 17.7 Å². The van der Waals surface area contributed by atoms with Crippen LogP contribution < -0.4 is 0 Å². The minimum atomic E-state index is -0.631. The van der Waals surface area contributed by atoms with Gasteiger partial charge in [-0.05, 0) is 57.8 Å². The number of rotatable bonds is 3. The third kappa shape index (κ3) is 2.31. The fourth-order valence-corrected chi connectivity index (χ4v) is 5.73. The van der Waals surface area contributed by atoms with Gasteiger partial charge in [0.25, 0.3) is 0 Å². The minimum Gasteiger partial charge on any atom is -0.335 e. The van der Waals surface area contributed by atoms with Gasteiger partial charge in [0.15, 0.2) is 0 Å². The predicted octanol–water partition coefficient (Wildman–Crippen LogP) is 2.36. The van der Waals surface area contributed by atoms with Crippen molar-refractivity contribution in [2.75, 3.05) is 0 Å². The van der Waals surface area contributed by atoms with Gasteiger partial charge in [-0.25, -0.2) is 0 Å². The molecule has 7 unspecified atom stereocenters. The van der Waals surface area contributed by atoms with E-state index in [1.165, 1.54) is 4.90 Å². The fourth-order valence-electron chi connectivity index (χ4n) is 5.73. The van der Waals surface area contributed by atoms with Crippen LogP contribution in [0.4, 0.5) is 0 Å². The number of nitrogens with zero attached hydrogens (tertiary/aromatic N) is 2. The Bertz CT molecular complexity index is 603. The van der Waals surface area contributed by atoms with Gasteiger partial charge in [0, 0.05) is 12.1 Å². The van der Waals surface area contributed by atoms with Crippen LogP contribution in [-0.2, 0) is 14.4 Å². The highest BCUT2D eigenvalue weighted by Gasteiger charge is 2.61. The highest BCUT2D eigenvalue weighted by molar-refractivity contribution is 6.09. The minimum absolute atomic E-state index is 0.0378. The molecule has 3 fully saturated rings. The summed E-state index contributed by atoms with van der Waals surface area (Å²) in [6, 6.07) is -0.279. The summed E-state index contributed by atoms with van der Waals surface area (Å²) >= 11 is 0. The fraction of sp³-hybridized carbons (Fsp3) is 0.750. The quantitative estimate of drug-likeness (QED) is 0.583. The molecule has 0 aromatic carbocycles. The Balaban J connectivity index is 1.60. The predicted molar refractivity (Wildman–Crippen MR) is 93.3 cm³/mol. The van der Waals surface area contributed by atoms with E-state index in [0.717, 1.165) is 25.7 Å². The van der Waals surface area contributed by atoms with Gasteiger partial charge in [0.05, 0.1) is 11.8 Å². The van der Waals surface area contributed by atoms with E-state index in [0.29, 0.717) is 6.42 Å².